The summed E-state index contributed by atoms with van der Waals surface area (Å²) in [4.78, 5) is 36.5. The van der Waals surface area contributed by atoms with Crippen LogP contribution in [0.15, 0.2) is 11.6 Å². The summed E-state index contributed by atoms with van der Waals surface area (Å²) in [6.45, 7) is 5.74. The minimum absolute atomic E-state index is 0.00673. The molecule has 0 heterocycles. The Labute approximate surface area is 167 Å². The number of rotatable bonds is 3. The van der Waals surface area contributed by atoms with Gasteiger partial charge in [-0.2, -0.15) is 0 Å². The summed E-state index contributed by atoms with van der Waals surface area (Å²) < 4.78 is 0. The van der Waals surface area contributed by atoms with Crippen molar-refractivity contribution in [3.63, 3.8) is 0 Å². The molecule has 0 radical (unpaired) electrons. The zero-order valence-corrected chi connectivity index (χ0v) is 17.3. The Morgan fingerprint density at radius 3 is 2.61 bits per heavy atom. The number of aliphatic hydroxyl groups is 1. The van der Waals surface area contributed by atoms with Crippen molar-refractivity contribution in [3.05, 3.63) is 11.6 Å². The molecule has 5 nitrogen and oxygen atoms in total. The number of carbonyl (C=O) groups excluding carboxylic acids is 3. The fourth-order valence-electron chi connectivity index (χ4n) is 7.66. The third kappa shape index (κ3) is 2.80. The number of ketones is 2. The van der Waals surface area contributed by atoms with Gasteiger partial charge >= 0.3 is 0 Å². The number of nitrogens with one attached hydrogen (secondary N) is 1. The van der Waals surface area contributed by atoms with Crippen molar-refractivity contribution in [1.29, 1.82) is 0 Å². The Morgan fingerprint density at radius 2 is 1.93 bits per heavy atom. The topological polar surface area (TPSA) is 83.5 Å². The Balaban J connectivity index is 1.71. The van der Waals surface area contributed by atoms with Crippen LogP contribution in [0.25, 0.3) is 0 Å². The van der Waals surface area contributed by atoms with E-state index in [1.165, 1.54) is 0 Å². The molecule has 28 heavy (non-hydrogen) atoms. The van der Waals surface area contributed by atoms with E-state index in [-0.39, 0.29) is 46.9 Å². The molecule has 3 fully saturated rings. The predicted molar refractivity (Wildman–Crippen MR) is 105 cm³/mol. The van der Waals surface area contributed by atoms with Gasteiger partial charge < -0.3 is 10.4 Å². The van der Waals surface area contributed by atoms with Crippen molar-refractivity contribution in [2.24, 2.45) is 34.5 Å². The first-order chi connectivity index (χ1) is 13.2. The van der Waals surface area contributed by atoms with Gasteiger partial charge in [0.25, 0.3) is 0 Å². The van der Waals surface area contributed by atoms with Crippen molar-refractivity contribution in [2.75, 3.05) is 6.61 Å². The molecule has 5 heteroatoms. The summed E-state index contributed by atoms with van der Waals surface area (Å²) in [6, 6.07) is -0.0806. The van der Waals surface area contributed by atoms with Gasteiger partial charge in [0.05, 0.1) is 6.04 Å². The summed E-state index contributed by atoms with van der Waals surface area (Å²) in [5, 5.41) is 12.6. The molecule has 4 aliphatic rings. The van der Waals surface area contributed by atoms with Crippen molar-refractivity contribution in [3.8, 4) is 0 Å². The molecule has 1 amide bonds. The van der Waals surface area contributed by atoms with Crippen LogP contribution in [0.1, 0.15) is 65.7 Å². The molecule has 0 aromatic heterocycles. The predicted octanol–water partition coefficient (Wildman–Crippen LogP) is 2.81. The van der Waals surface area contributed by atoms with E-state index >= 15 is 0 Å². The first-order valence-electron chi connectivity index (χ1n) is 10.9. The monoisotopic (exact) mass is 387 g/mol. The quantitative estimate of drug-likeness (QED) is 0.780. The lowest BCUT2D eigenvalue weighted by Gasteiger charge is -2.59. The fraction of sp³-hybridized carbons (Fsp3) is 0.783. The summed E-state index contributed by atoms with van der Waals surface area (Å²) in [5.41, 5.74) is 1.03. The summed E-state index contributed by atoms with van der Waals surface area (Å²) in [7, 11) is 0. The van der Waals surface area contributed by atoms with E-state index in [1.54, 1.807) is 6.92 Å². The van der Waals surface area contributed by atoms with E-state index in [0.29, 0.717) is 24.2 Å². The molecule has 0 spiro atoms. The lowest BCUT2D eigenvalue weighted by atomic mass is 9.46. The number of carbonyl (C=O) groups is 3. The van der Waals surface area contributed by atoms with Gasteiger partial charge in [-0.1, -0.05) is 13.8 Å². The molecule has 0 aromatic rings. The molecule has 0 aliphatic heterocycles. The minimum atomic E-state index is -0.359. The Kier molecular flexibility index (Phi) is 4.80. The number of fused-ring (bicyclic) bond motifs is 5. The van der Waals surface area contributed by atoms with Gasteiger partial charge in [-0.15, -0.1) is 0 Å². The van der Waals surface area contributed by atoms with E-state index in [4.69, 9.17) is 0 Å². The maximum absolute atomic E-state index is 12.4. The van der Waals surface area contributed by atoms with E-state index in [9.17, 15) is 19.5 Å². The molecule has 7 atom stereocenters. The van der Waals surface area contributed by atoms with E-state index in [1.807, 2.05) is 6.08 Å². The van der Waals surface area contributed by atoms with Gasteiger partial charge in [-0.3, -0.25) is 14.4 Å². The highest BCUT2D eigenvalue weighted by atomic mass is 16.3. The molecular weight excluding hydrogens is 354 g/mol. The van der Waals surface area contributed by atoms with Gasteiger partial charge in [-0.25, -0.2) is 0 Å². The highest BCUT2D eigenvalue weighted by Crippen LogP contribution is 2.66. The van der Waals surface area contributed by atoms with Crippen LogP contribution in [0.5, 0.6) is 0 Å². The number of hydrogen-bond acceptors (Lipinski definition) is 4. The van der Waals surface area contributed by atoms with Gasteiger partial charge in [0.15, 0.2) is 11.6 Å². The molecule has 3 saturated carbocycles. The SMILES string of the molecule is CC(=O)N[C@H]1C[C@H]2[C@@H]3CC[C@H](C(=O)CO)[C@@]3(C)CC[C@@H]2[C@@]2(C)CCC(=O)C=C12. The second-order valence-corrected chi connectivity index (χ2v) is 10.1. The molecule has 4 rings (SSSR count). The fourth-order valence-corrected chi connectivity index (χ4v) is 7.66. The number of aliphatic hydroxyl groups excluding tert-OH is 1. The second kappa shape index (κ2) is 6.79. The van der Waals surface area contributed by atoms with E-state index < -0.39 is 0 Å². The molecule has 0 aromatic carbocycles. The zero-order valence-electron chi connectivity index (χ0n) is 17.3. The van der Waals surface area contributed by atoms with Crippen LogP contribution >= 0.6 is 0 Å². The molecule has 0 bridgehead atoms. The van der Waals surface area contributed by atoms with Crippen LogP contribution < -0.4 is 5.32 Å². The summed E-state index contributed by atoms with van der Waals surface area (Å²) in [6.07, 6.45) is 8.08. The van der Waals surface area contributed by atoms with Crippen LogP contribution in [-0.4, -0.2) is 35.2 Å². The van der Waals surface area contributed by atoms with Crippen molar-refractivity contribution < 1.29 is 19.5 Å². The summed E-state index contributed by atoms with van der Waals surface area (Å²) in [5.74, 6) is 1.46. The smallest absolute Gasteiger partial charge is 0.217 e. The highest BCUT2D eigenvalue weighted by Gasteiger charge is 2.61. The molecule has 0 saturated heterocycles. The Bertz CT molecular complexity index is 743. The largest absolute Gasteiger partial charge is 0.389 e. The zero-order chi connectivity index (χ0) is 20.3. The number of Topliss-reactive ketones (excluding diaryl/α,β-unsaturated/α-hetero) is 1. The average Bonchev–Trinajstić information content (AvgIpc) is 2.99. The van der Waals surface area contributed by atoms with Crippen LogP contribution in [-0.2, 0) is 14.4 Å². The highest BCUT2D eigenvalue weighted by molar-refractivity contribution is 5.92. The Hall–Kier alpha value is -1.49. The van der Waals surface area contributed by atoms with Gasteiger partial charge in [0.2, 0.25) is 5.91 Å². The average molecular weight is 388 g/mol. The van der Waals surface area contributed by atoms with Crippen LogP contribution in [0.4, 0.5) is 0 Å². The lowest BCUT2D eigenvalue weighted by Crippen LogP contribution is -2.57. The number of amides is 1. The van der Waals surface area contributed by atoms with Crippen LogP contribution in [0.3, 0.4) is 0 Å². The van der Waals surface area contributed by atoms with Crippen molar-refractivity contribution in [1.82, 2.24) is 5.32 Å². The molecular formula is C23H33NO4. The normalized spacial score (nSPS) is 44.8. The molecule has 154 valence electrons. The van der Waals surface area contributed by atoms with Gasteiger partial charge in [0, 0.05) is 19.3 Å². The first-order valence-corrected chi connectivity index (χ1v) is 10.9. The Morgan fingerprint density at radius 1 is 1.18 bits per heavy atom. The van der Waals surface area contributed by atoms with Crippen molar-refractivity contribution in [2.45, 2.75) is 71.8 Å². The second-order valence-electron chi connectivity index (χ2n) is 10.1. The van der Waals surface area contributed by atoms with E-state index in [2.05, 4.69) is 19.2 Å². The number of hydrogen-bond donors (Lipinski definition) is 2. The first kappa shape index (κ1) is 19.8. The van der Waals surface area contributed by atoms with Crippen molar-refractivity contribution >= 4 is 17.5 Å². The van der Waals surface area contributed by atoms with E-state index in [0.717, 1.165) is 44.1 Å². The molecule has 0 unspecified atom stereocenters. The third-order valence-corrected chi connectivity index (χ3v) is 8.93. The minimum Gasteiger partial charge on any atom is -0.389 e. The summed E-state index contributed by atoms with van der Waals surface area (Å²) >= 11 is 0. The van der Waals surface area contributed by atoms with Gasteiger partial charge in [0.1, 0.15) is 6.61 Å². The van der Waals surface area contributed by atoms with Crippen LogP contribution in [0.2, 0.25) is 0 Å². The maximum atomic E-state index is 12.4. The maximum Gasteiger partial charge on any atom is 0.217 e. The van der Waals surface area contributed by atoms with Gasteiger partial charge in [-0.05, 0) is 78.8 Å². The standard InChI is InChI=1S/C23H33NO4/c1-13(26)24-20-11-15-16-4-5-18(21(28)12-25)22(16,2)9-7-17(15)23(3)8-6-14(27)10-19(20)23/h10,15-18,20,25H,4-9,11-12H2,1-3H3,(H,24,26)/t15-,16-,17-,18+,20-,22-,23+/m0/s1. The van der Waals surface area contributed by atoms with Crippen LogP contribution in [0, 0.1) is 34.5 Å². The molecule has 4 aliphatic carbocycles. The molecule has 2 N–H and O–H groups in total. The lowest BCUT2D eigenvalue weighted by molar-refractivity contribution is -0.133. The third-order valence-electron chi connectivity index (χ3n) is 8.93.